The fourth-order valence-electron chi connectivity index (χ4n) is 0.916. The summed E-state index contributed by atoms with van der Waals surface area (Å²) < 4.78 is 0. The van der Waals surface area contributed by atoms with Crippen molar-refractivity contribution < 1.29 is 9.90 Å². The highest BCUT2D eigenvalue weighted by atomic mass is 32.2. The molecule has 0 amide bonds. The lowest BCUT2D eigenvalue weighted by Gasteiger charge is -2.02. The number of carboxylic acid groups (broad SMARTS) is 1. The maximum Gasteiger partial charge on any atom is 0.345 e. The van der Waals surface area contributed by atoms with Gasteiger partial charge in [0.25, 0.3) is 0 Å². The van der Waals surface area contributed by atoms with Crippen molar-refractivity contribution >= 4 is 29.1 Å². The Balaban J connectivity index is 2.40. The second-order valence-corrected chi connectivity index (χ2v) is 5.26. The van der Waals surface area contributed by atoms with Crippen LogP contribution in [0.5, 0.6) is 0 Å². The van der Waals surface area contributed by atoms with Crippen molar-refractivity contribution in [3.8, 4) is 0 Å². The van der Waals surface area contributed by atoms with Crippen LogP contribution in [0.25, 0.3) is 0 Å². The van der Waals surface area contributed by atoms with Crippen molar-refractivity contribution in [3.05, 3.63) is 21.9 Å². The zero-order valence-electron chi connectivity index (χ0n) is 7.90. The van der Waals surface area contributed by atoms with Crippen molar-refractivity contribution in [2.45, 2.75) is 18.7 Å². The van der Waals surface area contributed by atoms with Crippen LogP contribution in [0.3, 0.4) is 0 Å². The molecule has 78 valence electrons. The minimum atomic E-state index is -0.849. The van der Waals surface area contributed by atoms with Crippen LogP contribution >= 0.6 is 23.1 Å². The van der Waals surface area contributed by atoms with Crippen LogP contribution in [0.2, 0.25) is 0 Å². The molecular formula is C9H13NO2S2. The minimum Gasteiger partial charge on any atom is -0.477 e. The SMILES string of the molecule is CC(N)CSCc1ccc(C(=O)O)s1. The first-order valence-electron chi connectivity index (χ1n) is 4.25. The third-order valence-corrected chi connectivity index (χ3v) is 4.03. The molecule has 3 N–H and O–H groups in total. The highest BCUT2D eigenvalue weighted by Gasteiger charge is 2.06. The van der Waals surface area contributed by atoms with E-state index >= 15 is 0 Å². The van der Waals surface area contributed by atoms with Crippen molar-refractivity contribution in [1.29, 1.82) is 0 Å². The second kappa shape index (κ2) is 5.38. The van der Waals surface area contributed by atoms with E-state index in [1.807, 2.05) is 13.0 Å². The molecule has 0 saturated heterocycles. The van der Waals surface area contributed by atoms with Gasteiger partial charge in [-0.1, -0.05) is 0 Å². The minimum absolute atomic E-state index is 0.193. The highest BCUT2D eigenvalue weighted by Crippen LogP contribution is 2.21. The molecule has 0 aliphatic heterocycles. The molecule has 3 nitrogen and oxygen atoms in total. The maximum absolute atomic E-state index is 10.6. The van der Waals surface area contributed by atoms with E-state index < -0.39 is 5.97 Å². The molecule has 1 atom stereocenters. The molecule has 1 unspecified atom stereocenters. The highest BCUT2D eigenvalue weighted by molar-refractivity contribution is 7.98. The van der Waals surface area contributed by atoms with E-state index in [9.17, 15) is 4.79 Å². The zero-order valence-corrected chi connectivity index (χ0v) is 9.53. The molecular weight excluding hydrogens is 218 g/mol. The third-order valence-electron chi connectivity index (χ3n) is 1.50. The number of thioether (sulfide) groups is 1. The topological polar surface area (TPSA) is 63.3 Å². The monoisotopic (exact) mass is 231 g/mol. The second-order valence-electron chi connectivity index (χ2n) is 3.06. The van der Waals surface area contributed by atoms with Crippen LogP contribution in [0.15, 0.2) is 12.1 Å². The smallest absolute Gasteiger partial charge is 0.345 e. The fraction of sp³-hybridized carbons (Fsp3) is 0.444. The zero-order chi connectivity index (χ0) is 10.6. The van der Waals surface area contributed by atoms with Gasteiger partial charge in [0.2, 0.25) is 0 Å². The van der Waals surface area contributed by atoms with Gasteiger partial charge in [-0.2, -0.15) is 11.8 Å². The summed E-state index contributed by atoms with van der Waals surface area (Å²) in [6.07, 6.45) is 0. The van der Waals surface area contributed by atoms with Crippen LogP contribution < -0.4 is 5.73 Å². The number of hydrogen-bond donors (Lipinski definition) is 2. The Morgan fingerprint density at radius 2 is 2.43 bits per heavy atom. The standard InChI is InChI=1S/C9H13NO2S2/c1-6(10)4-13-5-7-2-3-8(14-7)9(11)12/h2-3,6H,4-5,10H2,1H3,(H,11,12). The fourth-order valence-corrected chi connectivity index (χ4v) is 2.83. The van der Waals surface area contributed by atoms with Crippen LogP contribution in [0, 0.1) is 0 Å². The first kappa shape index (κ1) is 11.6. The van der Waals surface area contributed by atoms with E-state index in [0.717, 1.165) is 16.4 Å². The van der Waals surface area contributed by atoms with Gasteiger partial charge >= 0.3 is 5.97 Å². The Bertz CT molecular complexity index is 310. The molecule has 5 heteroatoms. The van der Waals surface area contributed by atoms with Crippen LogP contribution in [-0.4, -0.2) is 22.9 Å². The molecule has 0 aliphatic rings. The summed E-state index contributed by atoms with van der Waals surface area (Å²) in [6, 6.07) is 3.70. The van der Waals surface area contributed by atoms with Gasteiger partial charge in [-0.05, 0) is 19.1 Å². The van der Waals surface area contributed by atoms with Gasteiger partial charge in [0.15, 0.2) is 0 Å². The van der Waals surface area contributed by atoms with Crippen LogP contribution in [0.1, 0.15) is 21.5 Å². The number of rotatable bonds is 5. The van der Waals surface area contributed by atoms with Gasteiger partial charge in [-0.3, -0.25) is 0 Å². The lowest BCUT2D eigenvalue weighted by atomic mass is 10.4. The molecule has 0 saturated carbocycles. The van der Waals surface area contributed by atoms with Crippen molar-refractivity contribution in [1.82, 2.24) is 0 Å². The number of hydrogen-bond acceptors (Lipinski definition) is 4. The van der Waals surface area contributed by atoms with Gasteiger partial charge in [0.1, 0.15) is 4.88 Å². The first-order valence-corrected chi connectivity index (χ1v) is 6.22. The van der Waals surface area contributed by atoms with E-state index in [4.69, 9.17) is 10.8 Å². The Hall–Kier alpha value is -0.520. The molecule has 14 heavy (non-hydrogen) atoms. The van der Waals surface area contributed by atoms with E-state index in [0.29, 0.717) is 4.88 Å². The lowest BCUT2D eigenvalue weighted by molar-refractivity contribution is 0.0702. The number of aromatic carboxylic acids is 1. The van der Waals surface area contributed by atoms with Gasteiger partial charge in [0, 0.05) is 22.4 Å². The molecule has 0 spiro atoms. The predicted molar refractivity (Wildman–Crippen MR) is 61.1 cm³/mol. The molecule has 0 bridgehead atoms. The summed E-state index contributed by atoms with van der Waals surface area (Å²) in [5.74, 6) is 0.901. The lowest BCUT2D eigenvalue weighted by Crippen LogP contribution is -2.17. The van der Waals surface area contributed by atoms with Gasteiger partial charge in [0.05, 0.1) is 0 Å². The van der Waals surface area contributed by atoms with Crippen molar-refractivity contribution in [2.24, 2.45) is 5.73 Å². The van der Waals surface area contributed by atoms with Gasteiger partial charge in [-0.25, -0.2) is 4.79 Å². The van der Waals surface area contributed by atoms with Gasteiger partial charge < -0.3 is 10.8 Å². The molecule has 1 aromatic heterocycles. The van der Waals surface area contributed by atoms with E-state index in [2.05, 4.69) is 0 Å². The van der Waals surface area contributed by atoms with Crippen molar-refractivity contribution in [2.75, 3.05) is 5.75 Å². The molecule has 0 aromatic carbocycles. The average Bonchev–Trinajstić information content (AvgIpc) is 2.52. The van der Waals surface area contributed by atoms with E-state index in [-0.39, 0.29) is 6.04 Å². The Labute approximate surface area is 91.3 Å². The average molecular weight is 231 g/mol. The summed E-state index contributed by atoms with van der Waals surface area (Å²) >= 11 is 3.06. The number of thiophene rings is 1. The Morgan fingerprint density at radius 3 is 2.93 bits per heavy atom. The normalized spacial score (nSPS) is 12.7. The number of carboxylic acids is 1. The molecule has 1 heterocycles. The van der Waals surface area contributed by atoms with Crippen LogP contribution in [0.4, 0.5) is 0 Å². The summed E-state index contributed by atoms with van der Waals surface area (Å²) in [7, 11) is 0. The van der Waals surface area contributed by atoms with Crippen molar-refractivity contribution in [3.63, 3.8) is 0 Å². The first-order chi connectivity index (χ1) is 6.59. The third kappa shape index (κ3) is 3.69. The van der Waals surface area contributed by atoms with Gasteiger partial charge in [-0.15, -0.1) is 11.3 Å². The predicted octanol–water partition coefficient (Wildman–Crippen LogP) is 2.03. The van der Waals surface area contributed by atoms with Crippen LogP contribution in [-0.2, 0) is 5.75 Å². The van der Waals surface area contributed by atoms with E-state index in [1.165, 1.54) is 11.3 Å². The quantitative estimate of drug-likeness (QED) is 0.814. The largest absolute Gasteiger partial charge is 0.477 e. The summed E-state index contributed by atoms with van der Waals surface area (Å²) in [5, 5.41) is 8.70. The molecule has 0 radical (unpaired) electrons. The number of nitrogens with two attached hydrogens (primary N) is 1. The molecule has 1 aromatic rings. The Morgan fingerprint density at radius 1 is 1.71 bits per heavy atom. The summed E-state index contributed by atoms with van der Waals surface area (Å²) in [4.78, 5) is 12.1. The molecule has 1 rings (SSSR count). The summed E-state index contributed by atoms with van der Waals surface area (Å²) in [5.41, 5.74) is 5.60. The summed E-state index contributed by atoms with van der Waals surface area (Å²) in [6.45, 7) is 1.96. The number of carbonyl (C=O) groups is 1. The molecule has 0 aliphatic carbocycles. The molecule has 0 fully saturated rings. The maximum atomic E-state index is 10.6. The van der Waals surface area contributed by atoms with E-state index in [1.54, 1.807) is 17.8 Å². The Kier molecular flexibility index (Phi) is 4.44.